The number of hydrogen-bond acceptors (Lipinski definition) is 2. The largest absolute Gasteiger partial charge is 0.354 e. The van der Waals surface area contributed by atoms with Gasteiger partial charge in [-0.15, -0.1) is 0 Å². The zero-order chi connectivity index (χ0) is 13.7. The Bertz CT molecular complexity index is 428. The highest BCUT2D eigenvalue weighted by Crippen LogP contribution is 2.17. The van der Waals surface area contributed by atoms with Crippen LogP contribution < -0.4 is 5.32 Å². The van der Waals surface area contributed by atoms with Gasteiger partial charge in [-0.3, -0.25) is 9.59 Å². The fraction of sp³-hybridized carbons (Fsp3) is 0.571. The molecule has 5 heteroatoms. The van der Waals surface area contributed by atoms with E-state index >= 15 is 0 Å². The van der Waals surface area contributed by atoms with Crippen LogP contribution in [0.2, 0.25) is 0 Å². The molecule has 0 unspecified atom stereocenters. The molecule has 2 heterocycles. The predicted octanol–water partition coefficient (Wildman–Crippen LogP) is 0.863. The molecular weight excluding hydrogens is 242 g/mol. The van der Waals surface area contributed by atoms with Crippen molar-refractivity contribution in [2.45, 2.75) is 26.3 Å². The molecule has 1 aromatic rings. The summed E-state index contributed by atoms with van der Waals surface area (Å²) in [5.41, 5.74) is 0. The number of nitrogens with zero attached hydrogens (tertiary/aromatic N) is 2. The lowest BCUT2D eigenvalue weighted by atomic mass is 9.96. The summed E-state index contributed by atoms with van der Waals surface area (Å²) < 4.78 is 2.03. The van der Waals surface area contributed by atoms with Gasteiger partial charge in [0.05, 0.1) is 5.92 Å². The Morgan fingerprint density at radius 3 is 2.84 bits per heavy atom. The molecule has 0 radical (unpaired) electrons. The van der Waals surface area contributed by atoms with Gasteiger partial charge in [-0.1, -0.05) is 0 Å². The standard InChI is InChI=1S/C14H21N3O2/c1-2-17-11-12(5-6-13(17)18)14(19)15-7-10-16-8-3-4-9-16/h3-4,8-9,12H,2,5-7,10-11H2,1H3,(H,15,19)/t12-/m0/s1. The van der Waals surface area contributed by atoms with Gasteiger partial charge < -0.3 is 14.8 Å². The minimum Gasteiger partial charge on any atom is -0.354 e. The first-order chi connectivity index (χ1) is 9.20. The lowest BCUT2D eigenvalue weighted by molar-refractivity contribution is -0.138. The van der Waals surface area contributed by atoms with E-state index in [-0.39, 0.29) is 17.7 Å². The fourth-order valence-electron chi connectivity index (χ4n) is 2.41. The monoisotopic (exact) mass is 263 g/mol. The number of aromatic nitrogens is 1. The first-order valence-corrected chi connectivity index (χ1v) is 6.87. The van der Waals surface area contributed by atoms with Gasteiger partial charge in [0.2, 0.25) is 11.8 Å². The van der Waals surface area contributed by atoms with Gasteiger partial charge in [-0.05, 0) is 25.5 Å². The molecule has 1 atom stereocenters. The molecule has 5 nitrogen and oxygen atoms in total. The summed E-state index contributed by atoms with van der Waals surface area (Å²) in [6.45, 7) is 4.60. The maximum absolute atomic E-state index is 12.0. The van der Waals surface area contributed by atoms with E-state index in [1.165, 1.54) is 0 Å². The normalized spacial score (nSPS) is 19.5. The molecule has 0 aromatic carbocycles. The summed E-state index contributed by atoms with van der Waals surface area (Å²) in [5.74, 6) is 0.180. The molecule has 104 valence electrons. The summed E-state index contributed by atoms with van der Waals surface area (Å²) in [7, 11) is 0. The van der Waals surface area contributed by atoms with E-state index in [0.29, 0.717) is 32.5 Å². The van der Waals surface area contributed by atoms with E-state index in [1.807, 2.05) is 36.0 Å². The van der Waals surface area contributed by atoms with Gasteiger partial charge in [0.25, 0.3) is 0 Å². The van der Waals surface area contributed by atoms with Gasteiger partial charge in [-0.25, -0.2) is 0 Å². The highest BCUT2D eigenvalue weighted by molar-refractivity contribution is 5.83. The summed E-state index contributed by atoms with van der Waals surface area (Å²) in [5, 5.41) is 2.95. The second-order valence-corrected chi connectivity index (χ2v) is 4.88. The number of rotatable bonds is 5. The zero-order valence-corrected chi connectivity index (χ0v) is 11.3. The Kier molecular flexibility index (Phi) is 4.60. The topological polar surface area (TPSA) is 54.3 Å². The Morgan fingerprint density at radius 2 is 2.16 bits per heavy atom. The Labute approximate surface area is 113 Å². The van der Waals surface area contributed by atoms with Crippen molar-refractivity contribution in [2.24, 2.45) is 5.92 Å². The lowest BCUT2D eigenvalue weighted by Gasteiger charge is -2.31. The lowest BCUT2D eigenvalue weighted by Crippen LogP contribution is -2.46. The molecule has 1 aliphatic rings. The van der Waals surface area contributed by atoms with Gasteiger partial charge in [0.1, 0.15) is 0 Å². The Hall–Kier alpha value is -1.78. The maximum Gasteiger partial charge on any atom is 0.224 e. The summed E-state index contributed by atoms with van der Waals surface area (Å²) in [4.78, 5) is 25.4. The van der Waals surface area contributed by atoms with Gasteiger partial charge in [0.15, 0.2) is 0 Å². The summed E-state index contributed by atoms with van der Waals surface area (Å²) >= 11 is 0. The van der Waals surface area contributed by atoms with Crippen molar-refractivity contribution in [3.05, 3.63) is 24.5 Å². The zero-order valence-electron chi connectivity index (χ0n) is 11.3. The Balaban J connectivity index is 1.75. The molecule has 0 spiro atoms. The van der Waals surface area contributed by atoms with Crippen LogP contribution >= 0.6 is 0 Å². The van der Waals surface area contributed by atoms with Crippen LogP contribution in [0, 0.1) is 5.92 Å². The highest BCUT2D eigenvalue weighted by Gasteiger charge is 2.28. The van der Waals surface area contributed by atoms with Crippen LogP contribution in [-0.2, 0) is 16.1 Å². The molecule has 2 amide bonds. The highest BCUT2D eigenvalue weighted by atomic mass is 16.2. The Morgan fingerprint density at radius 1 is 1.42 bits per heavy atom. The molecule has 19 heavy (non-hydrogen) atoms. The summed E-state index contributed by atoms with van der Waals surface area (Å²) in [6, 6.07) is 3.93. The minimum atomic E-state index is -0.0534. The van der Waals surface area contributed by atoms with Crippen molar-refractivity contribution in [1.82, 2.24) is 14.8 Å². The van der Waals surface area contributed by atoms with Crippen molar-refractivity contribution in [3.8, 4) is 0 Å². The third kappa shape index (κ3) is 3.59. The fourth-order valence-corrected chi connectivity index (χ4v) is 2.41. The van der Waals surface area contributed by atoms with E-state index in [4.69, 9.17) is 0 Å². The van der Waals surface area contributed by atoms with Crippen LogP contribution in [0.4, 0.5) is 0 Å². The number of hydrogen-bond donors (Lipinski definition) is 1. The first-order valence-electron chi connectivity index (χ1n) is 6.87. The number of likely N-dealkylation sites (tertiary alicyclic amines) is 1. The molecule has 1 N–H and O–H groups in total. The van der Waals surface area contributed by atoms with E-state index in [1.54, 1.807) is 4.90 Å². The van der Waals surface area contributed by atoms with E-state index < -0.39 is 0 Å². The second kappa shape index (κ2) is 6.41. The quantitative estimate of drug-likeness (QED) is 0.856. The smallest absolute Gasteiger partial charge is 0.224 e. The van der Waals surface area contributed by atoms with Crippen molar-refractivity contribution in [1.29, 1.82) is 0 Å². The maximum atomic E-state index is 12.0. The molecule has 1 aromatic heterocycles. The number of amides is 2. The van der Waals surface area contributed by atoms with Crippen molar-refractivity contribution in [2.75, 3.05) is 19.6 Å². The van der Waals surface area contributed by atoms with E-state index in [2.05, 4.69) is 5.32 Å². The summed E-state index contributed by atoms with van der Waals surface area (Å²) in [6.07, 6.45) is 5.11. The number of piperidine rings is 1. The molecule has 0 aliphatic carbocycles. The average Bonchev–Trinajstić information content (AvgIpc) is 2.92. The molecule has 1 saturated heterocycles. The SMILES string of the molecule is CCN1C[C@@H](C(=O)NCCn2cccc2)CCC1=O. The molecule has 0 saturated carbocycles. The second-order valence-electron chi connectivity index (χ2n) is 4.88. The average molecular weight is 263 g/mol. The van der Waals surface area contributed by atoms with Crippen molar-refractivity contribution < 1.29 is 9.59 Å². The predicted molar refractivity (Wildman–Crippen MR) is 72.4 cm³/mol. The molecule has 1 aliphatic heterocycles. The van der Waals surface area contributed by atoms with Crippen LogP contribution in [0.5, 0.6) is 0 Å². The third-order valence-corrected chi connectivity index (χ3v) is 3.59. The number of carbonyl (C=O) groups is 2. The van der Waals surface area contributed by atoms with Crippen LogP contribution in [0.25, 0.3) is 0 Å². The van der Waals surface area contributed by atoms with Gasteiger partial charge in [-0.2, -0.15) is 0 Å². The van der Waals surface area contributed by atoms with E-state index in [0.717, 1.165) is 6.54 Å². The third-order valence-electron chi connectivity index (χ3n) is 3.59. The molecule has 2 rings (SSSR count). The number of nitrogens with one attached hydrogen (secondary N) is 1. The van der Waals surface area contributed by atoms with Crippen LogP contribution in [0.1, 0.15) is 19.8 Å². The molecule has 1 fully saturated rings. The van der Waals surface area contributed by atoms with Gasteiger partial charge >= 0.3 is 0 Å². The minimum absolute atomic E-state index is 0.0534. The van der Waals surface area contributed by atoms with Crippen LogP contribution in [0.3, 0.4) is 0 Å². The van der Waals surface area contributed by atoms with Gasteiger partial charge in [0, 0.05) is 45.0 Å². The van der Waals surface area contributed by atoms with Crippen molar-refractivity contribution in [3.63, 3.8) is 0 Å². The van der Waals surface area contributed by atoms with Crippen LogP contribution in [-0.4, -0.2) is 40.9 Å². The first kappa shape index (κ1) is 13.6. The van der Waals surface area contributed by atoms with Crippen LogP contribution in [0.15, 0.2) is 24.5 Å². The molecule has 0 bridgehead atoms. The van der Waals surface area contributed by atoms with E-state index in [9.17, 15) is 9.59 Å². The van der Waals surface area contributed by atoms with Crippen molar-refractivity contribution >= 4 is 11.8 Å². The molecular formula is C14H21N3O2. The number of carbonyl (C=O) groups excluding carboxylic acids is 2.